The van der Waals surface area contributed by atoms with Gasteiger partial charge in [-0.1, -0.05) is 18.2 Å². The minimum atomic E-state index is 0.618. The molecule has 5 heteroatoms. The predicted molar refractivity (Wildman–Crippen MR) is 107 cm³/mol. The Balaban J connectivity index is 1.66. The molecule has 0 aliphatic rings. The molecule has 26 heavy (non-hydrogen) atoms. The lowest BCUT2D eigenvalue weighted by Gasteiger charge is -2.12. The van der Waals surface area contributed by atoms with E-state index >= 15 is 0 Å². The minimum absolute atomic E-state index is 0.618. The monoisotopic (exact) mass is 347 g/mol. The molecule has 0 aliphatic carbocycles. The number of fused-ring (bicyclic) bond motifs is 1. The van der Waals surface area contributed by atoms with Crippen molar-refractivity contribution in [3.05, 3.63) is 71.7 Å². The molecule has 2 aromatic heterocycles. The molecule has 3 aromatic rings. The normalized spacial score (nSPS) is 11.5. The van der Waals surface area contributed by atoms with Crippen LogP contribution in [0.3, 0.4) is 0 Å². The molecule has 0 spiro atoms. The van der Waals surface area contributed by atoms with Crippen LogP contribution in [0.5, 0.6) is 0 Å². The third kappa shape index (κ3) is 4.57. The third-order valence-electron chi connectivity index (χ3n) is 4.31. The van der Waals surface area contributed by atoms with Crippen molar-refractivity contribution < 1.29 is 0 Å². The van der Waals surface area contributed by atoms with Crippen LogP contribution in [-0.2, 0) is 13.0 Å². The SMILES string of the molecule is CCNC(=NCc1ccnc2ccccc12)NCCc1ccncc1C. The average molecular weight is 347 g/mol. The number of aliphatic imine (C=N–C) groups is 1. The maximum atomic E-state index is 4.74. The molecule has 0 atom stereocenters. The first-order valence-corrected chi connectivity index (χ1v) is 9.02. The fourth-order valence-electron chi connectivity index (χ4n) is 2.90. The van der Waals surface area contributed by atoms with Gasteiger partial charge in [-0.05, 0) is 55.2 Å². The highest BCUT2D eigenvalue weighted by molar-refractivity contribution is 5.83. The molecule has 0 saturated carbocycles. The smallest absolute Gasteiger partial charge is 0.191 e. The van der Waals surface area contributed by atoms with E-state index in [9.17, 15) is 0 Å². The summed E-state index contributed by atoms with van der Waals surface area (Å²) in [6.45, 7) is 6.44. The van der Waals surface area contributed by atoms with Crippen LogP contribution in [0.1, 0.15) is 23.6 Å². The van der Waals surface area contributed by atoms with Gasteiger partial charge in [0.15, 0.2) is 5.96 Å². The zero-order chi connectivity index (χ0) is 18.2. The van der Waals surface area contributed by atoms with Gasteiger partial charge in [0.05, 0.1) is 12.1 Å². The van der Waals surface area contributed by atoms with Gasteiger partial charge in [0, 0.05) is 37.1 Å². The Morgan fingerprint density at radius 1 is 1.04 bits per heavy atom. The number of benzene rings is 1. The quantitative estimate of drug-likeness (QED) is 0.531. The minimum Gasteiger partial charge on any atom is -0.357 e. The largest absolute Gasteiger partial charge is 0.357 e. The van der Waals surface area contributed by atoms with Crippen molar-refractivity contribution in [1.29, 1.82) is 0 Å². The van der Waals surface area contributed by atoms with Crippen LogP contribution >= 0.6 is 0 Å². The zero-order valence-electron chi connectivity index (χ0n) is 15.4. The fraction of sp³-hybridized carbons (Fsp3) is 0.286. The van der Waals surface area contributed by atoms with Crippen molar-refractivity contribution in [2.45, 2.75) is 26.8 Å². The van der Waals surface area contributed by atoms with Crippen molar-refractivity contribution in [1.82, 2.24) is 20.6 Å². The standard InChI is InChI=1S/C21H25N5/c1-3-23-21(25-13-9-17-8-11-22-14-16(17)2)26-15-18-10-12-24-20-7-5-4-6-19(18)20/h4-8,10-12,14H,3,9,13,15H2,1-2H3,(H2,23,25,26). The number of rotatable bonds is 6. The molecule has 0 fully saturated rings. The molecule has 3 rings (SSSR count). The first-order chi connectivity index (χ1) is 12.8. The number of nitrogens with zero attached hydrogens (tertiary/aromatic N) is 3. The van der Waals surface area contributed by atoms with Crippen LogP contribution < -0.4 is 10.6 Å². The number of pyridine rings is 2. The van der Waals surface area contributed by atoms with Crippen molar-refractivity contribution >= 4 is 16.9 Å². The van der Waals surface area contributed by atoms with E-state index in [1.165, 1.54) is 16.7 Å². The summed E-state index contributed by atoms with van der Waals surface area (Å²) in [6, 6.07) is 12.3. The summed E-state index contributed by atoms with van der Waals surface area (Å²) < 4.78 is 0. The number of aromatic nitrogens is 2. The first-order valence-electron chi connectivity index (χ1n) is 9.02. The molecule has 0 unspecified atom stereocenters. The highest BCUT2D eigenvalue weighted by Crippen LogP contribution is 2.16. The van der Waals surface area contributed by atoms with Gasteiger partial charge >= 0.3 is 0 Å². The highest BCUT2D eigenvalue weighted by Gasteiger charge is 2.03. The van der Waals surface area contributed by atoms with Crippen LogP contribution in [0.15, 0.2) is 60.0 Å². The summed E-state index contributed by atoms with van der Waals surface area (Å²) in [5, 5.41) is 7.88. The van der Waals surface area contributed by atoms with Gasteiger partial charge in [-0.2, -0.15) is 0 Å². The lowest BCUT2D eigenvalue weighted by Crippen LogP contribution is -2.38. The first kappa shape index (κ1) is 17.9. The second-order valence-electron chi connectivity index (χ2n) is 6.16. The van der Waals surface area contributed by atoms with Gasteiger partial charge in [0.2, 0.25) is 0 Å². The summed E-state index contributed by atoms with van der Waals surface area (Å²) in [7, 11) is 0. The summed E-state index contributed by atoms with van der Waals surface area (Å²) >= 11 is 0. The third-order valence-corrected chi connectivity index (χ3v) is 4.31. The van der Waals surface area contributed by atoms with Gasteiger partial charge in [0.1, 0.15) is 0 Å². The van der Waals surface area contributed by atoms with Gasteiger partial charge < -0.3 is 10.6 Å². The Hall–Kier alpha value is -2.95. The van der Waals surface area contributed by atoms with Crippen LogP contribution in [0.25, 0.3) is 10.9 Å². The second-order valence-corrected chi connectivity index (χ2v) is 6.16. The molecule has 134 valence electrons. The lowest BCUT2D eigenvalue weighted by atomic mass is 10.1. The molecular formula is C21H25N5. The molecule has 0 aliphatic heterocycles. The summed E-state index contributed by atoms with van der Waals surface area (Å²) in [5.41, 5.74) is 4.71. The van der Waals surface area contributed by atoms with Crippen LogP contribution in [0, 0.1) is 6.92 Å². The summed E-state index contributed by atoms with van der Waals surface area (Å²) in [6.07, 6.45) is 6.54. The van der Waals surface area contributed by atoms with E-state index < -0.39 is 0 Å². The maximum absolute atomic E-state index is 4.74. The maximum Gasteiger partial charge on any atom is 0.191 e. The number of hydrogen-bond acceptors (Lipinski definition) is 3. The molecule has 5 nitrogen and oxygen atoms in total. The number of para-hydroxylation sites is 1. The average Bonchev–Trinajstić information content (AvgIpc) is 2.67. The van der Waals surface area contributed by atoms with Crippen molar-refractivity contribution in [2.75, 3.05) is 13.1 Å². The van der Waals surface area contributed by atoms with Crippen molar-refractivity contribution in [3.8, 4) is 0 Å². The molecular weight excluding hydrogens is 322 g/mol. The van der Waals surface area contributed by atoms with Crippen LogP contribution in [0.2, 0.25) is 0 Å². The van der Waals surface area contributed by atoms with Gasteiger partial charge in [-0.3, -0.25) is 9.97 Å². The second kappa shape index (κ2) is 8.94. The number of nitrogens with one attached hydrogen (secondary N) is 2. The Bertz CT molecular complexity index is 883. The molecule has 2 heterocycles. The van der Waals surface area contributed by atoms with Gasteiger partial charge in [0.25, 0.3) is 0 Å². The van der Waals surface area contributed by atoms with Crippen molar-refractivity contribution in [2.24, 2.45) is 4.99 Å². The molecule has 1 aromatic carbocycles. The van der Waals surface area contributed by atoms with E-state index in [2.05, 4.69) is 46.6 Å². The van der Waals surface area contributed by atoms with E-state index in [-0.39, 0.29) is 0 Å². The molecule has 0 saturated heterocycles. The number of guanidine groups is 1. The Labute approximate surface area is 154 Å². The van der Waals surface area contributed by atoms with Crippen LogP contribution in [-0.4, -0.2) is 29.0 Å². The topological polar surface area (TPSA) is 62.2 Å². The van der Waals surface area contributed by atoms with E-state index in [4.69, 9.17) is 4.99 Å². The summed E-state index contributed by atoms with van der Waals surface area (Å²) in [5.74, 6) is 0.833. The zero-order valence-corrected chi connectivity index (χ0v) is 15.4. The van der Waals surface area contributed by atoms with Crippen molar-refractivity contribution in [3.63, 3.8) is 0 Å². The predicted octanol–water partition coefficient (Wildman–Crippen LogP) is 3.24. The molecule has 0 amide bonds. The fourth-order valence-corrected chi connectivity index (χ4v) is 2.90. The van der Waals surface area contributed by atoms with Crippen LogP contribution in [0.4, 0.5) is 0 Å². The molecule has 0 radical (unpaired) electrons. The lowest BCUT2D eigenvalue weighted by molar-refractivity contribution is 0.797. The molecule has 2 N–H and O–H groups in total. The van der Waals surface area contributed by atoms with E-state index in [1.54, 1.807) is 0 Å². The van der Waals surface area contributed by atoms with Gasteiger partial charge in [-0.15, -0.1) is 0 Å². The van der Waals surface area contributed by atoms with Gasteiger partial charge in [-0.25, -0.2) is 4.99 Å². The number of aryl methyl sites for hydroxylation is 1. The van der Waals surface area contributed by atoms with E-state index in [1.807, 2.05) is 42.9 Å². The summed E-state index contributed by atoms with van der Waals surface area (Å²) in [4.78, 5) is 13.3. The van der Waals surface area contributed by atoms with E-state index in [0.717, 1.165) is 36.4 Å². The Morgan fingerprint density at radius 3 is 2.73 bits per heavy atom. The highest BCUT2D eigenvalue weighted by atomic mass is 15.2. The Kier molecular flexibility index (Phi) is 6.14. The van der Waals surface area contributed by atoms with E-state index in [0.29, 0.717) is 6.54 Å². The number of hydrogen-bond donors (Lipinski definition) is 2. The molecule has 0 bridgehead atoms. The Morgan fingerprint density at radius 2 is 1.88 bits per heavy atom.